The second kappa shape index (κ2) is 6.51. The first kappa shape index (κ1) is 12.1. The van der Waals surface area contributed by atoms with Crippen molar-refractivity contribution < 1.29 is 36.9 Å². The van der Waals surface area contributed by atoms with Gasteiger partial charge in [-0.2, -0.15) is 0 Å². The molecule has 0 rings (SSSR count). The zero-order chi connectivity index (χ0) is 8.73. The molecule has 0 heterocycles. The molecule has 4 nitrogen and oxygen atoms in total. The molecule has 0 atom stereocenters. The predicted molar refractivity (Wildman–Crippen MR) is 29.0 cm³/mol. The summed E-state index contributed by atoms with van der Waals surface area (Å²) in [5, 5.41) is 7.64. The molecule has 0 aliphatic heterocycles. The van der Waals surface area contributed by atoms with Crippen molar-refractivity contribution in [1.29, 1.82) is 0 Å². The van der Waals surface area contributed by atoms with Crippen LogP contribution in [0.2, 0.25) is 0 Å². The zero-order valence-corrected chi connectivity index (χ0v) is 7.02. The third-order valence-corrected chi connectivity index (χ3v) is 0.301. The summed E-state index contributed by atoms with van der Waals surface area (Å²) >= 11 is 1.90. The standard InChI is InChI=1S/C3H4O3.C2H3O.V/c1-2(4)3(5)6;1-2-3;/h1H3,(H,5,6);1H3;. The predicted octanol–water partition coefficient (Wildman–Crippen LogP) is -0.260. The quantitative estimate of drug-likeness (QED) is 0.567. The second-order valence-electron chi connectivity index (χ2n) is 1.38. The van der Waals surface area contributed by atoms with Crippen molar-refractivity contribution in [2.24, 2.45) is 0 Å². The first-order valence-corrected chi connectivity index (χ1v) is 3.01. The van der Waals surface area contributed by atoms with Crippen LogP contribution in [0.3, 0.4) is 0 Å². The Morgan fingerprint density at radius 1 is 1.20 bits per heavy atom. The number of Topliss-reactive ketones (excluding diaryl/α,β-unsaturated/α-hetero) is 1. The van der Waals surface area contributed by atoms with Crippen LogP contribution in [-0.2, 0) is 31.8 Å². The maximum absolute atomic E-state index is 9.54. The molecule has 0 aromatic carbocycles. The van der Waals surface area contributed by atoms with Crippen molar-refractivity contribution in [1.82, 2.24) is 0 Å². The summed E-state index contributed by atoms with van der Waals surface area (Å²) < 4.78 is 0.104. The van der Waals surface area contributed by atoms with E-state index in [4.69, 9.17) is 5.11 Å². The Bertz CT molecular complexity index is 136. The van der Waals surface area contributed by atoms with Gasteiger partial charge in [-0.3, -0.25) is 4.79 Å². The van der Waals surface area contributed by atoms with Crippen LogP contribution in [0.5, 0.6) is 0 Å². The average molecular weight is 182 g/mol. The van der Waals surface area contributed by atoms with E-state index in [1.54, 1.807) is 0 Å². The van der Waals surface area contributed by atoms with Crippen LogP contribution in [0.15, 0.2) is 0 Å². The van der Waals surface area contributed by atoms with Gasteiger partial charge >= 0.3 is 39.6 Å². The molecule has 0 spiro atoms. The number of hydrogen-bond acceptors (Lipinski definition) is 3. The summed E-state index contributed by atoms with van der Waals surface area (Å²) in [5.41, 5.74) is 0. The third-order valence-electron chi connectivity index (χ3n) is 0.301. The van der Waals surface area contributed by atoms with Gasteiger partial charge in [0.15, 0.2) is 0 Å². The van der Waals surface area contributed by atoms with E-state index in [1.165, 1.54) is 6.92 Å². The Labute approximate surface area is 67.6 Å². The Morgan fingerprint density at radius 2 is 1.30 bits per heavy atom. The van der Waals surface area contributed by atoms with Crippen LogP contribution in [0, 0.1) is 0 Å². The van der Waals surface area contributed by atoms with Crippen molar-refractivity contribution in [2.75, 3.05) is 0 Å². The van der Waals surface area contributed by atoms with Crippen molar-refractivity contribution in [3.05, 3.63) is 0 Å². The number of carbonyl (C=O) groups excluding carboxylic acids is 2. The third kappa shape index (κ3) is 26.2. The van der Waals surface area contributed by atoms with Gasteiger partial charge in [0.1, 0.15) is 0 Å². The molecule has 0 fully saturated rings. The summed E-state index contributed by atoms with van der Waals surface area (Å²) in [6, 6.07) is 0. The van der Waals surface area contributed by atoms with Gasteiger partial charge < -0.3 is 5.11 Å². The van der Waals surface area contributed by atoms with Gasteiger partial charge in [-0.1, -0.05) is 0 Å². The van der Waals surface area contributed by atoms with Gasteiger partial charge in [-0.05, 0) is 0 Å². The van der Waals surface area contributed by atoms with Gasteiger partial charge in [-0.15, -0.1) is 0 Å². The number of carbonyl (C=O) groups is 3. The van der Waals surface area contributed by atoms with Crippen LogP contribution in [-0.4, -0.2) is 21.4 Å². The molecule has 56 valence electrons. The fraction of sp³-hybridized carbons (Fsp3) is 0.400. The first-order valence-electron chi connectivity index (χ1n) is 2.31. The summed E-state index contributed by atoms with van der Waals surface area (Å²) in [7, 11) is 0. The molecule has 0 aromatic rings. The van der Waals surface area contributed by atoms with E-state index in [2.05, 4.69) is 0 Å². The Hall–Kier alpha value is -0.606. The number of carboxylic acids is 1. The average Bonchev–Trinajstić information content (AvgIpc) is 1.63. The van der Waals surface area contributed by atoms with Crippen molar-refractivity contribution >= 4 is 16.2 Å². The Morgan fingerprint density at radius 3 is 1.30 bits per heavy atom. The van der Waals surface area contributed by atoms with E-state index in [0.29, 0.717) is 0 Å². The first-order chi connectivity index (χ1) is 4.37. The molecule has 0 aliphatic carbocycles. The van der Waals surface area contributed by atoms with E-state index < -0.39 is 11.8 Å². The Balaban J connectivity index is 0. The molecule has 0 saturated carbocycles. The van der Waals surface area contributed by atoms with Crippen LogP contribution in [0.25, 0.3) is 0 Å². The molecule has 5 heteroatoms. The molecule has 0 amide bonds. The molecule has 10 heavy (non-hydrogen) atoms. The Kier molecular flexibility index (Phi) is 7.89. The summed E-state index contributed by atoms with van der Waals surface area (Å²) in [5.74, 6) is -2.20. The van der Waals surface area contributed by atoms with Crippen LogP contribution in [0.1, 0.15) is 13.8 Å². The van der Waals surface area contributed by atoms with Crippen LogP contribution in [0.4, 0.5) is 0 Å². The minimum atomic E-state index is -1.38. The second-order valence-corrected chi connectivity index (χ2v) is 2.36. The minimum absolute atomic E-state index is 0.104. The van der Waals surface area contributed by atoms with Gasteiger partial charge in [-0.25, -0.2) is 4.79 Å². The number of hydrogen-bond donors (Lipinski definition) is 1. The number of rotatable bonds is 1. The fourth-order valence-electron chi connectivity index (χ4n) is 0. The van der Waals surface area contributed by atoms with E-state index in [-0.39, 0.29) is 4.49 Å². The molecule has 0 saturated heterocycles. The normalized spacial score (nSPS) is 7.00. The van der Waals surface area contributed by atoms with Crippen molar-refractivity contribution in [2.45, 2.75) is 13.8 Å². The summed E-state index contributed by atoms with van der Waals surface area (Å²) in [6.07, 6.45) is 0. The van der Waals surface area contributed by atoms with Gasteiger partial charge in [0.25, 0.3) is 0 Å². The van der Waals surface area contributed by atoms with E-state index in [9.17, 15) is 14.4 Å². The number of ketones is 1. The summed E-state index contributed by atoms with van der Waals surface area (Å²) in [4.78, 5) is 28.3. The molecular weight excluding hydrogens is 175 g/mol. The maximum atomic E-state index is 9.54. The molecule has 0 unspecified atom stereocenters. The van der Waals surface area contributed by atoms with Crippen molar-refractivity contribution in [3.8, 4) is 0 Å². The van der Waals surface area contributed by atoms with E-state index in [1.807, 2.05) is 17.4 Å². The van der Waals surface area contributed by atoms with E-state index in [0.717, 1.165) is 6.92 Å². The van der Waals surface area contributed by atoms with Gasteiger partial charge in [0.2, 0.25) is 5.78 Å². The zero-order valence-electron chi connectivity index (χ0n) is 5.62. The molecular formula is C5H7O4V. The summed E-state index contributed by atoms with van der Waals surface area (Å²) in [6.45, 7) is 2.50. The molecule has 0 radical (unpaired) electrons. The molecule has 0 aliphatic rings. The molecule has 0 bridgehead atoms. The van der Waals surface area contributed by atoms with Gasteiger partial charge in [0.05, 0.1) is 0 Å². The topological polar surface area (TPSA) is 71.4 Å². The van der Waals surface area contributed by atoms with Crippen molar-refractivity contribution in [3.63, 3.8) is 0 Å². The van der Waals surface area contributed by atoms with Gasteiger partial charge in [0, 0.05) is 6.92 Å². The number of carboxylic acid groups (broad SMARTS) is 1. The van der Waals surface area contributed by atoms with Crippen LogP contribution < -0.4 is 0 Å². The SMILES string of the molecule is CC(=O)C(=O)O.C[C](=O)[V]. The monoisotopic (exact) mass is 182 g/mol. The molecule has 0 aromatic heterocycles. The molecule has 1 N–H and O–H groups in total. The van der Waals surface area contributed by atoms with E-state index >= 15 is 0 Å². The fourth-order valence-corrected chi connectivity index (χ4v) is 0. The van der Waals surface area contributed by atoms with Crippen LogP contribution >= 0.6 is 0 Å². The number of aliphatic carboxylic acids is 1.